The van der Waals surface area contributed by atoms with Crippen molar-refractivity contribution in [2.45, 2.75) is 6.92 Å². The summed E-state index contributed by atoms with van der Waals surface area (Å²) in [5.41, 5.74) is 0. The van der Waals surface area contributed by atoms with Crippen LogP contribution in [0.4, 0.5) is 0 Å². The lowest BCUT2D eigenvalue weighted by molar-refractivity contribution is -0.190. The molecule has 0 aliphatic carbocycles. The van der Waals surface area contributed by atoms with E-state index < -0.39 is 0 Å². The highest BCUT2D eigenvalue weighted by Gasteiger charge is 2.08. The van der Waals surface area contributed by atoms with Crippen LogP contribution < -0.4 is 0 Å². The van der Waals surface area contributed by atoms with Gasteiger partial charge in [-0.3, -0.25) is 9.74 Å². The molecule has 2 heterocycles. The predicted molar refractivity (Wildman–Crippen MR) is 68.4 cm³/mol. The first-order valence-corrected chi connectivity index (χ1v) is 6.73. The van der Waals surface area contributed by atoms with Crippen molar-refractivity contribution in [2.24, 2.45) is 0 Å². The SMILES string of the molecule is CCON1CCOCC1.OCCN1CCOCC1. The van der Waals surface area contributed by atoms with E-state index in [1.54, 1.807) is 0 Å². The second-order valence-corrected chi connectivity index (χ2v) is 4.14. The van der Waals surface area contributed by atoms with Gasteiger partial charge in [-0.2, -0.15) is 5.06 Å². The first-order valence-electron chi connectivity index (χ1n) is 6.73. The summed E-state index contributed by atoms with van der Waals surface area (Å²) in [5, 5.41) is 10.5. The van der Waals surface area contributed by atoms with E-state index in [0.29, 0.717) is 0 Å². The number of hydroxylamine groups is 2. The Balaban J connectivity index is 0.000000180. The van der Waals surface area contributed by atoms with Crippen LogP contribution in [-0.4, -0.2) is 87.4 Å². The lowest BCUT2D eigenvalue weighted by Crippen LogP contribution is -2.37. The molecule has 108 valence electrons. The molecule has 0 unspecified atom stereocenters. The summed E-state index contributed by atoms with van der Waals surface area (Å²) in [6, 6.07) is 0. The molecule has 18 heavy (non-hydrogen) atoms. The van der Waals surface area contributed by atoms with Gasteiger partial charge < -0.3 is 14.6 Å². The third-order valence-electron chi connectivity index (χ3n) is 2.80. The number of hydrogen-bond donors (Lipinski definition) is 1. The Morgan fingerprint density at radius 3 is 2.06 bits per heavy atom. The topological polar surface area (TPSA) is 54.4 Å². The highest BCUT2D eigenvalue weighted by atomic mass is 16.7. The number of β-amino-alcohol motifs (C(OH)–C–C–N with tert-alkyl or cyclic N) is 1. The number of nitrogens with zero attached hydrogens (tertiary/aromatic N) is 2. The fourth-order valence-corrected chi connectivity index (χ4v) is 1.82. The minimum absolute atomic E-state index is 0.264. The van der Waals surface area contributed by atoms with Gasteiger partial charge in [0.25, 0.3) is 0 Å². The summed E-state index contributed by atoms with van der Waals surface area (Å²) in [7, 11) is 0. The Morgan fingerprint density at radius 1 is 1.00 bits per heavy atom. The summed E-state index contributed by atoms with van der Waals surface area (Å²) in [5.74, 6) is 0. The highest BCUT2D eigenvalue weighted by molar-refractivity contribution is 4.59. The van der Waals surface area contributed by atoms with Crippen LogP contribution in [0.15, 0.2) is 0 Å². The maximum Gasteiger partial charge on any atom is 0.0656 e. The summed E-state index contributed by atoms with van der Waals surface area (Å²) in [4.78, 5) is 7.43. The van der Waals surface area contributed by atoms with Crippen LogP contribution >= 0.6 is 0 Å². The van der Waals surface area contributed by atoms with Crippen molar-refractivity contribution in [2.75, 3.05) is 72.4 Å². The average Bonchev–Trinajstić information content (AvgIpc) is 2.43. The maximum absolute atomic E-state index is 8.54. The Hall–Kier alpha value is -0.240. The van der Waals surface area contributed by atoms with Crippen LogP contribution in [-0.2, 0) is 14.3 Å². The Bertz CT molecular complexity index is 157. The van der Waals surface area contributed by atoms with Gasteiger partial charge >= 0.3 is 0 Å². The third-order valence-corrected chi connectivity index (χ3v) is 2.80. The van der Waals surface area contributed by atoms with E-state index in [9.17, 15) is 0 Å². The highest BCUT2D eigenvalue weighted by Crippen LogP contribution is 1.96. The number of rotatable bonds is 4. The van der Waals surface area contributed by atoms with Gasteiger partial charge in [0.05, 0.1) is 39.6 Å². The van der Waals surface area contributed by atoms with Gasteiger partial charge in [0.1, 0.15) is 0 Å². The van der Waals surface area contributed by atoms with Crippen molar-refractivity contribution in [1.82, 2.24) is 9.96 Å². The number of morpholine rings is 2. The molecular weight excluding hydrogens is 236 g/mol. The van der Waals surface area contributed by atoms with E-state index in [-0.39, 0.29) is 6.61 Å². The molecule has 0 amide bonds. The minimum Gasteiger partial charge on any atom is -0.395 e. The van der Waals surface area contributed by atoms with E-state index >= 15 is 0 Å². The smallest absolute Gasteiger partial charge is 0.0656 e. The lowest BCUT2D eigenvalue weighted by atomic mass is 10.4. The molecule has 2 aliphatic rings. The maximum atomic E-state index is 8.54. The van der Waals surface area contributed by atoms with Crippen LogP contribution in [0.5, 0.6) is 0 Å². The van der Waals surface area contributed by atoms with Crippen LogP contribution in [0.2, 0.25) is 0 Å². The van der Waals surface area contributed by atoms with Gasteiger partial charge in [0.2, 0.25) is 0 Å². The molecule has 0 atom stereocenters. The molecular formula is C12H26N2O4. The van der Waals surface area contributed by atoms with Crippen LogP contribution in [0, 0.1) is 0 Å². The molecule has 0 saturated carbocycles. The van der Waals surface area contributed by atoms with Crippen LogP contribution in [0.1, 0.15) is 6.92 Å². The van der Waals surface area contributed by atoms with Crippen molar-refractivity contribution in [3.63, 3.8) is 0 Å². The van der Waals surface area contributed by atoms with Gasteiger partial charge in [0, 0.05) is 32.7 Å². The second-order valence-electron chi connectivity index (χ2n) is 4.14. The first kappa shape index (κ1) is 15.8. The van der Waals surface area contributed by atoms with E-state index in [2.05, 4.69) is 4.90 Å². The summed E-state index contributed by atoms with van der Waals surface area (Å²) >= 11 is 0. The fraction of sp³-hybridized carbons (Fsp3) is 1.00. The summed E-state index contributed by atoms with van der Waals surface area (Å²) in [6.07, 6.45) is 0. The molecule has 1 N–H and O–H groups in total. The lowest BCUT2D eigenvalue weighted by Gasteiger charge is -2.25. The van der Waals surface area contributed by atoms with Gasteiger partial charge in [-0.25, -0.2) is 0 Å². The molecule has 0 radical (unpaired) electrons. The Labute approximate surface area is 109 Å². The first-order chi connectivity index (χ1) is 8.86. The number of hydrogen-bond acceptors (Lipinski definition) is 6. The zero-order chi connectivity index (χ0) is 13.1. The second kappa shape index (κ2) is 10.7. The molecule has 0 aromatic heterocycles. The van der Waals surface area contributed by atoms with Crippen molar-refractivity contribution < 1.29 is 19.4 Å². The van der Waals surface area contributed by atoms with Crippen molar-refractivity contribution in [1.29, 1.82) is 0 Å². The van der Waals surface area contributed by atoms with Crippen LogP contribution in [0.25, 0.3) is 0 Å². The van der Waals surface area contributed by atoms with Gasteiger partial charge in [-0.15, -0.1) is 0 Å². The number of ether oxygens (including phenoxy) is 2. The van der Waals surface area contributed by atoms with Gasteiger partial charge in [-0.1, -0.05) is 0 Å². The molecule has 2 rings (SSSR count). The molecule has 0 spiro atoms. The zero-order valence-electron chi connectivity index (χ0n) is 11.3. The number of aliphatic hydroxyl groups excluding tert-OH is 1. The summed E-state index contributed by atoms with van der Waals surface area (Å²) < 4.78 is 10.2. The van der Waals surface area contributed by atoms with Crippen molar-refractivity contribution >= 4 is 0 Å². The van der Waals surface area contributed by atoms with Gasteiger partial charge in [0.15, 0.2) is 0 Å². The van der Waals surface area contributed by atoms with Gasteiger partial charge in [-0.05, 0) is 6.92 Å². The molecule has 2 saturated heterocycles. The summed E-state index contributed by atoms with van der Waals surface area (Å²) in [6.45, 7) is 10.8. The normalized spacial score (nSPS) is 22.3. The van der Waals surface area contributed by atoms with E-state index in [4.69, 9.17) is 19.4 Å². The predicted octanol–water partition coefficient (Wildman–Crippen LogP) is -0.419. The Kier molecular flexibility index (Phi) is 9.37. The molecule has 0 aromatic carbocycles. The monoisotopic (exact) mass is 262 g/mol. The van der Waals surface area contributed by atoms with Crippen molar-refractivity contribution in [3.8, 4) is 0 Å². The van der Waals surface area contributed by atoms with Crippen molar-refractivity contribution in [3.05, 3.63) is 0 Å². The number of aliphatic hydroxyl groups is 1. The molecule has 0 aromatic rings. The molecule has 2 aliphatic heterocycles. The van der Waals surface area contributed by atoms with Crippen LogP contribution in [0.3, 0.4) is 0 Å². The van der Waals surface area contributed by atoms with E-state index in [1.807, 2.05) is 12.0 Å². The molecule has 0 bridgehead atoms. The third kappa shape index (κ3) is 7.25. The quantitative estimate of drug-likeness (QED) is 0.743. The fourth-order valence-electron chi connectivity index (χ4n) is 1.82. The molecule has 6 nitrogen and oxygen atoms in total. The zero-order valence-corrected chi connectivity index (χ0v) is 11.3. The Morgan fingerprint density at radius 2 is 1.56 bits per heavy atom. The average molecular weight is 262 g/mol. The standard InChI is InChI=1S/2C6H13NO2/c8-4-1-7-2-5-9-6-3-7;1-2-9-7-3-5-8-6-4-7/h8H,1-6H2;2-6H2,1H3. The minimum atomic E-state index is 0.264. The largest absolute Gasteiger partial charge is 0.395 e. The molecule has 6 heteroatoms. The molecule has 2 fully saturated rings. The van der Waals surface area contributed by atoms with E-state index in [0.717, 1.165) is 65.8 Å². The van der Waals surface area contributed by atoms with E-state index in [1.165, 1.54) is 0 Å².